The average molecular weight is 412 g/mol. The van der Waals surface area contributed by atoms with Crippen molar-refractivity contribution in [3.05, 3.63) is 54.4 Å². The number of nitrogens with zero attached hydrogens (tertiary/aromatic N) is 2. The molecule has 2 heterocycles. The third-order valence-electron chi connectivity index (χ3n) is 5.11. The Kier molecular flexibility index (Phi) is 7.18. The van der Waals surface area contributed by atoms with Crippen molar-refractivity contribution in [3.63, 3.8) is 0 Å². The summed E-state index contributed by atoms with van der Waals surface area (Å²) >= 11 is 0. The third-order valence-corrected chi connectivity index (χ3v) is 5.11. The van der Waals surface area contributed by atoms with Crippen molar-refractivity contribution in [3.8, 4) is 11.1 Å². The van der Waals surface area contributed by atoms with Gasteiger partial charge in [0.05, 0.1) is 13.2 Å². The summed E-state index contributed by atoms with van der Waals surface area (Å²) in [6, 6.07) is 11.7. The highest BCUT2D eigenvalue weighted by atomic mass is 16.5. The number of nitrogens with one attached hydrogen (secondary N) is 1. The van der Waals surface area contributed by atoms with E-state index >= 15 is 0 Å². The number of amides is 2. The fraction of sp³-hybridized carbons (Fsp3) is 0.435. The third kappa shape index (κ3) is 5.04. The van der Waals surface area contributed by atoms with Crippen LogP contribution < -0.4 is 5.32 Å². The molecule has 7 heteroatoms. The molecule has 3 rings (SSSR count). The Morgan fingerprint density at radius 3 is 2.77 bits per heavy atom. The van der Waals surface area contributed by atoms with Gasteiger partial charge in [-0.25, -0.2) is 0 Å². The van der Waals surface area contributed by atoms with Crippen LogP contribution in [0.1, 0.15) is 19.4 Å². The molecule has 0 saturated carbocycles. The maximum atomic E-state index is 13.3. The standard InChI is InChI=1S/C23H29N3O4/c1-17(2)25-22(28)23(16-26(11-12-30-23)21(27)15-29-3)13-18-7-4-5-9-20(18)19-8-6-10-24-14-19/h4-10,14,17H,11-13,15-16H2,1-3H3,(H,25,28)/t23-/m0/s1. The van der Waals surface area contributed by atoms with Gasteiger partial charge < -0.3 is 19.7 Å². The number of pyridine rings is 1. The van der Waals surface area contributed by atoms with Crippen LogP contribution in [-0.2, 0) is 25.5 Å². The number of aromatic nitrogens is 1. The number of benzene rings is 1. The first-order valence-electron chi connectivity index (χ1n) is 10.1. The summed E-state index contributed by atoms with van der Waals surface area (Å²) in [6.07, 6.45) is 3.87. The van der Waals surface area contributed by atoms with Crippen LogP contribution in [0.25, 0.3) is 11.1 Å². The smallest absolute Gasteiger partial charge is 0.254 e. The number of ether oxygens (including phenoxy) is 2. The van der Waals surface area contributed by atoms with Gasteiger partial charge in [0.25, 0.3) is 5.91 Å². The van der Waals surface area contributed by atoms with E-state index in [4.69, 9.17) is 9.47 Å². The highest BCUT2D eigenvalue weighted by Crippen LogP contribution is 2.30. The lowest BCUT2D eigenvalue weighted by molar-refractivity contribution is -0.167. The summed E-state index contributed by atoms with van der Waals surface area (Å²) in [5, 5.41) is 2.98. The second-order valence-corrected chi connectivity index (χ2v) is 7.79. The van der Waals surface area contributed by atoms with Crippen LogP contribution in [0.15, 0.2) is 48.8 Å². The van der Waals surface area contributed by atoms with Gasteiger partial charge in [0.2, 0.25) is 5.91 Å². The zero-order chi connectivity index (χ0) is 21.6. The second-order valence-electron chi connectivity index (χ2n) is 7.79. The van der Waals surface area contributed by atoms with E-state index in [0.717, 1.165) is 16.7 Å². The van der Waals surface area contributed by atoms with Crippen LogP contribution in [0, 0.1) is 0 Å². The van der Waals surface area contributed by atoms with Gasteiger partial charge in [0.15, 0.2) is 5.60 Å². The SMILES string of the molecule is COCC(=O)N1CCO[C@](Cc2ccccc2-c2cccnc2)(C(=O)NC(C)C)C1. The van der Waals surface area contributed by atoms with Crippen molar-refractivity contribution in [1.29, 1.82) is 0 Å². The van der Waals surface area contributed by atoms with Crippen molar-refractivity contribution < 1.29 is 19.1 Å². The van der Waals surface area contributed by atoms with E-state index in [2.05, 4.69) is 10.3 Å². The monoisotopic (exact) mass is 411 g/mol. The molecule has 1 fully saturated rings. The summed E-state index contributed by atoms with van der Waals surface area (Å²) < 4.78 is 11.1. The molecule has 1 aromatic carbocycles. The first-order valence-corrected chi connectivity index (χ1v) is 10.1. The summed E-state index contributed by atoms with van der Waals surface area (Å²) in [6.45, 7) is 4.69. The molecule has 7 nitrogen and oxygen atoms in total. The van der Waals surface area contributed by atoms with Crippen LogP contribution in [0.3, 0.4) is 0 Å². The van der Waals surface area contributed by atoms with Gasteiger partial charge in [0.1, 0.15) is 6.61 Å². The molecule has 0 spiro atoms. The Bertz CT molecular complexity index is 872. The van der Waals surface area contributed by atoms with E-state index in [1.165, 1.54) is 7.11 Å². The van der Waals surface area contributed by atoms with E-state index in [0.29, 0.717) is 13.0 Å². The Hall–Kier alpha value is -2.77. The van der Waals surface area contributed by atoms with Crippen LogP contribution in [-0.4, -0.2) is 66.8 Å². The van der Waals surface area contributed by atoms with Gasteiger partial charge in [-0.3, -0.25) is 14.6 Å². The van der Waals surface area contributed by atoms with Gasteiger partial charge in [0, 0.05) is 44.1 Å². The molecule has 160 valence electrons. The molecular formula is C23H29N3O4. The average Bonchev–Trinajstić information content (AvgIpc) is 2.74. The van der Waals surface area contributed by atoms with Crippen LogP contribution in [0.4, 0.5) is 0 Å². The van der Waals surface area contributed by atoms with Crippen molar-refractivity contribution >= 4 is 11.8 Å². The summed E-state index contributed by atoms with van der Waals surface area (Å²) in [4.78, 5) is 31.6. The molecule has 0 bridgehead atoms. The lowest BCUT2D eigenvalue weighted by Crippen LogP contribution is -2.63. The lowest BCUT2D eigenvalue weighted by atomic mass is 9.87. The molecule has 1 saturated heterocycles. The van der Waals surface area contributed by atoms with Crippen molar-refractivity contribution in [1.82, 2.24) is 15.2 Å². The number of carbonyl (C=O) groups excluding carboxylic acids is 2. The summed E-state index contributed by atoms with van der Waals surface area (Å²) in [5.74, 6) is -0.364. The maximum absolute atomic E-state index is 13.3. The van der Waals surface area contributed by atoms with Crippen LogP contribution >= 0.6 is 0 Å². The fourth-order valence-electron chi connectivity index (χ4n) is 3.72. The number of methoxy groups -OCH3 is 1. The minimum Gasteiger partial charge on any atom is -0.375 e. The number of carbonyl (C=O) groups is 2. The van der Waals surface area contributed by atoms with Crippen LogP contribution in [0.2, 0.25) is 0 Å². The molecule has 0 unspecified atom stereocenters. The largest absolute Gasteiger partial charge is 0.375 e. The Balaban J connectivity index is 1.97. The quantitative estimate of drug-likeness (QED) is 0.754. The van der Waals surface area contributed by atoms with Gasteiger partial charge in [-0.15, -0.1) is 0 Å². The predicted molar refractivity (Wildman–Crippen MR) is 114 cm³/mol. The zero-order valence-electron chi connectivity index (χ0n) is 17.8. The first-order chi connectivity index (χ1) is 14.4. The Morgan fingerprint density at radius 2 is 2.07 bits per heavy atom. The summed E-state index contributed by atoms with van der Waals surface area (Å²) in [7, 11) is 1.49. The molecule has 1 aliphatic heterocycles. The first kappa shape index (κ1) is 21.9. The normalized spacial score (nSPS) is 19.0. The topological polar surface area (TPSA) is 80.8 Å². The van der Waals surface area contributed by atoms with Crippen molar-refractivity contribution in [2.24, 2.45) is 0 Å². The van der Waals surface area contributed by atoms with Crippen molar-refractivity contribution in [2.75, 3.05) is 33.4 Å². The number of rotatable bonds is 7. The minimum absolute atomic E-state index is 0.0197. The van der Waals surface area contributed by atoms with Gasteiger partial charge in [-0.1, -0.05) is 30.3 Å². The van der Waals surface area contributed by atoms with Gasteiger partial charge in [-0.05, 0) is 31.0 Å². The van der Waals surface area contributed by atoms with E-state index in [-0.39, 0.29) is 37.6 Å². The fourth-order valence-corrected chi connectivity index (χ4v) is 3.72. The molecule has 0 radical (unpaired) electrons. The molecule has 2 amide bonds. The molecule has 1 N–H and O–H groups in total. The highest BCUT2D eigenvalue weighted by Gasteiger charge is 2.45. The van der Waals surface area contributed by atoms with Crippen LogP contribution in [0.5, 0.6) is 0 Å². The lowest BCUT2D eigenvalue weighted by Gasteiger charge is -2.42. The van der Waals surface area contributed by atoms with Crippen molar-refractivity contribution in [2.45, 2.75) is 31.9 Å². The molecule has 1 aromatic heterocycles. The molecule has 0 aliphatic carbocycles. The maximum Gasteiger partial charge on any atom is 0.254 e. The zero-order valence-corrected chi connectivity index (χ0v) is 17.8. The predicted octanol–water partition coefficient (Wildman–Crippen LogP) is 2.06. The van der Waals surface area contributed by atoms with E-state index < -0.39 is 5.60 Å². The molecule has 30 heavy (non-hydrogen) atoms. The number of hydrogen-bond donors (Lipinski definition) is 1. The number of morpholine rings is 1. The molecule has 1 aliphatic rings. The summed E-state index contributed by atoms with van der Waals surface area (Å²) in [5.41, 5.74) is 1.75. The van der Waals surface area contributed by atoms with E-state index in [1.54, 1.807) is 17.3 Å². The molecular weight excluding hydrogens is 382 g/mol. The van der Waals surface area contributed by atoms with Gasteiger partial charge >= 0.3 is 0 Å². The molecule has 1 atom stereocenters. The Labute approximate surface area is 177 Å². The van der Waals surface area contributed by atoms with Gasteiger partial charge in [-0.2, -0.15) is 0 Å². The highest BCUT2D eigenvalue weighted by molar-refractivity contribution is 5.88. The minimum atomic E-state index is -1.18. The Morgan fingerprint density at radius 1 is 1.27 bits per heavy atom. The second kappa shape index (κ2) is 9.82. The number of hydrogen-bond acceptors (Lipinski definition) is 5. The van der Waals surface area contributed by atoms with E-state index in [9.17, 15) is 9.59 Å². The molecule has 2 aromatic rings. The van der Waals surface area contributed by atoms with E-state index in [1.807, 2.05) is 50.2 Å².